The van der Waals surface area contributed by atoms with Gasteiger partial charge in [-0.25, -0.2) is 4.98 Å². The van der Waals surface area contributed by atoms with Crippen LogP contribution < -0.4 is 4.90 Å². The predicted octanol–water partition coefficient (Wildman–Crippen LogP) is 2.51. The van der Waals surface area contributed by atoms with E-state index in [1.54, 1.807) is 13.8 Å². The van der Waals surface area contributed by atoms with Crippen LogP contribution in [-0.4, -0.2) is 41.9 Å². The first kappa shape index (κ1) is 15.3. The standard InChI is InChI=1S/C14H22N2O3S/c1-4-19-10-6-5-7-16(8-10)13-15-11(9-20-13)14(2,3)12(17)18/h9-10H,4-8H2,1-3H3,(H,17,18). The van der Waals surface area contributed by atoms with Gasteiger partial charge < -0.3 is 14.7 Å². The molecule has 0 aromatic carbocycles. The molecule has 1 N–H and O–H groups in total. The van der Waals surface area contributed by atoms with Crippen molar-refractivity contribution in [3.63, 3.8) is 0 Å². The highest BCUT2D eigenvalue weighted by Crippen LogP contribution is 2.31. The van der Waals surface area contributed by atoms with E-state index in [1.165, 1.54) is 11.3 Å². The molecule has 0 aliphatic carbocycles. The van der Waals surface area contributed by atoms with Crippen LogP contribution >= 0.6 is 11.3 Å². The molecule has 1 atom stereocenters. The SMILES string of the molecule is CCOC1CCCN(c2nc(C(C)(C)C(=O)O)cs2)C1. The number of carboxylic acid groups (broad SMARTS) is 1. The Hall–Kier alpha value is -1.14. The maximum Gasteiger partial charge on any atom is 0.315 e. The summed E-state index contributed by atoms with van der Waals surface area (Å²) < 4.78 is 5.69. The number of thiazole rings is 1. The van der Waals surface area contributed by atoms with Crippen molar-refractivity contribution in [2.24, 2.45) is 0 Å². The summed E-state index contributed by atoms with van der Waals surface area (Å²) in [6.45, 7) is 7.92. The van der Waals surface area contributed by atoms with Gasteiger partial charge in [0.25, 0.3) is 0 Å². The average Bonchev–Trinajstić information content (AvgIpc) is 2.89. The van der Waals surface area contributed by atoms with Gasteiger partial charge in [-0.15, -0.1) is 11.3 Å². The molecule has 1 saturated heterocycles. The molecule has 0 spiro atoms. The van der Waals surface area contributed by atoms with Crippen LogP contribution in [0.4, 0.5) is 5.13 Å². The zero-order valence-corrected chi connectivity index (χ0v) is 13.1. The van der Waals surface area contributed by atoms with Crippen molar-refractivity contribution in [2.75, 3.05) is 24.6 Å². The number of ether oxygens (including phenoxy) is 1. The quantitative estimate of drug-likeness (QED) is 0.905. The highest BCUT2D eigenvalue weighted by Gasteiger charge is 2.33. The predicted molar refractivity (Wildman–Crippen MR) is 79.6 cm³/mol. The van der Waals surface area contributed by atoms with Crippen molar-refractivity contribution >= 4 is 22.4 Å². The molecule has 0 saturated carbocycles. The van der Waals surface area contributed by atoms with E-state index in [1.807, 2.05) is 12.3 Å². The lowest BCUT2D eigenvalue weighted by atomic mass is 9.90. The summed E-state index contributed by atoms with van der Waals surface area (Å²) in [5, 5.41) is 12.0. The van der Waals surface area contributed by atoms with Gasteiger partial charge in [0.05, 0.1) is 11.8 Å². The molecule has 2 rings (SSSR count). The number of rotatable bonds is 5. The van der Waals surface area contributed by atoms with Crippen molar-refractivity contribution in [1.82, 2.24) is 4.98 Å². The Morgan fingerprint density at radius 2 is 2.40 bits per heavy atom. The van der Waals surface area contributed by atoms with Gasteiger partial charge in [-0.05, 0) is 33.6 Å². The zero-order valence-electron chi connectivity index (χ0n) is 12.3. The molecule has 1 fully saturated rings. The highest BCUT2D eigenvalue weighted by molar-refractivity contribution is 7.13. The molecule has 1 unspecified atom stereocenters. The number of anilines is 1. The first-order valence-corrected chi connectivity index (χ1v) is 7.89. The maximum atomic E-state index is 11.3. The Bertz CT molecular complexity index is 471. The summed E-state index contributed by atoms with van der Waals surface area (Å²) in [5.41, 5.74) is -0.312. The van der Waals surface area contributed by atoms with Crippen molar-refractivity contribution in [3.05, 3.63) is 11.1 Å². The van der Waals surface area contributed by atoms with E-state index in [-0.39, 0.29) is 6.10 Å². The number of piperidine rings is 1. The molecule has 1 aromatic heterocycles. The molecule has 20 heavy (non-hydrogen) atoms. The maximum absolute atomic E-state index is 11.3. The number of aromatic nitrogens is 1. The second-order valence-electron chi connectivity index (χ2n) is 5.61. The molecule has 6 heteroatoms. The summed E-state index contributed by atoms with van der Waals surface area (Å²) in [5.74, 6) is -0.847. The molecule has 0 bridgehead atoms. The summed E-state index contributed by atoms with van der Waals surface area (Å²) in [7, 11) is 0. The molecule has 1 aliphatic heterocycles. The summed E-state index contributed by atoms with van der Waals surface area (Å²) in [6, 6.07) is 0. The highest BCUT2D eigenvalue weighted by atomic mass is 32.1. The van der Waals surface area contributed by atoms with Crippen molar-refractivity contribution in [1.29, 1.82) is 0 Å². The third kappa shape index (κ3) is 3.12. The third-order valence-electron chi connectivity index (χ3n) is 3.72. The molecule has 1 aliphatic rings. The minimum Gasteiger partial charge on any atom is -0.481 e. The van der Waals surface area contributed by atoms with E-state index in [4.69, 9.17) is 4.74 Å². The normalized spacial score (nSPS) is 20.1. The molecule has 2 heterocycles. The van der Waals surface area contributed by atoms with Crippen LogP contribution in [-0.2, 0) is 14.9 Å². The number of hydrogen-bond acceptors (Lipinski definition) is 5. The van der Waals surface area contributed by atoms with E-state index >= 15 is 0 Å². The first-order chi connectivity index (χ1) is 9.45. The van der Waals surface area contributed by atoms with E-state index in [0.717, 1.165) is 37.7 Å². The van der Waals surface area contributed by atoms with Crippen molar-refractivity contribution in [2.45, 2.75) is 45.1 Å². The zero-order chi connectivity index (χ0) is 14.8. The lowest BCUT2D eigenvalue weighted by Gasteiger charge is -2.32. The number of hydrogen-bond donors (Lipinski definition) is 1. The molecule has 1 aromatic rings. The van der Waals surface area contributed by atoms with Gasteiger partial charge in [0.15, 0.2) is 5.13 Å². The van der Waals surface area contributed by atoms with Gasteiger partial charge in [0.1, 0.15) is 5.41 Å². The number of carboxylic acids is 1. The van der Waals surface area contributed by atoms with E-state index in [0.29, 0.717) is 5.69 Å². The Balaban J connectivity index is 2.10. The van der Waals surface area contributed by atoms with E-state index in [2.05, 4.69) is 9.88 Å². The molecular formula is C14H22N2O3S. The summed E-state index contributed by atoms with van der Waals surface area (Å²) in [6.07, 6.45) is 2.43. The van der Waals surface area contributed by atoms with Gasteiger partial charge in [-0.3, -0.25) is 4.79 Å². The second kappa shape index (κ2) is 6.10. The second-order valence-corrected chi connectivity index (χ2v) is 6.45. The Kier molecular flexibility index (Phi) is 4.65. The minimum absolute atomic E-state index is 0.258. The number of nitrogens with zero attached hydrogens (tertiary/aromatic N) is 2. The topological polar surface area (TPSA) is 62.7 Å². The fraction of sp³-hybridized carbons (Fsp3) is 0.714. The average molecular weight is 298 g/mol. The van der Waals surface area contributed by atoms with Gasteiger partial charge >= 0.3 is 5.97 Å². The van der Waals surface area contributed by atoms with Crippen LogP contribution in [0.2, 0.25) is 0 Å². The van der Waals surface area contributed by atoms with Gasteiger partial charge in [-0.2, -0.15) is 0 Å². The monoisotopic (exact) mass is 298 g/mol. The third-order valence-corrected chi connectivity index (χ3v) is 4.62. The van der Waals surface area contributed by atoms with Crippen LogP contribution in [0, 0.1) is 0 Å². The summed E-state index contributed by atoms with van der Waals surface area (Å²) in [4.78, 5) is 18.0. The van der Waals surface area contributed by atoms with E-state index < -0.39 is 11.4 Å². The smallest absolute Gasteiger partial charge is 0.315 e. The number of carbonyl (C=O) groups is 1. The van der Waals surface area contributed by atoms with Gasteiger partial charge in [-0.1, -0.05) is 0 Å². The van der Waals surface area contributed by atoms with Gasteiger partial charge in [0.2, 0.25) is 0 Å². The molecule has 0 radical (unpaired) electrons. The van der Waals surface area contributed by atoms with Crippen molar-refractivity contribution < 1.29 is 14.6 Å². The number of aliphatic carboxylic acids is 1. The van der Waals surface area contributed by atoms with Crippen LogP contribution in [0.25, 0.3) is 0 Å². The van der Waals surface area contributed by atoms with Crippen molar-refractivity contribution in [3.8, 4) is 0 Å². The van der Waals surface area contributed by atoms with Gasteiger partial charge in [0, 0.05) is 25.1 Å². The van der Waals surface area contributed by atoms with Crippen LogP contribution in [0.5, 0.6) is 0 Å². The molecule has 5 nitrogen and oxygen atoms in total. The molecule has 112 valence electrons. The van der Waals surface area contributed by atoms with Crippen LogP contribution in [0.15, 0.2) is 5.38 Å². The van der Waals surface area contributed by atoms with Crippen LogP contribution in [0.1, 0.15) is 39.3 Å². The Labute approximate surface area is 123 Å². The summed E-state index contributed by atoms with van der Waals surface area (Å²) >= 11 is 1.52. The first-order valence-electron chi connectivity index (χ1n) is 7.01. The van der Waals surface area contributed by atoms with Crippen LogP contribution in [0.3, 0.4) is 0 Å². The Morgan fingerprint density at radius 3 is 3.05 bits per heavy atom. The van der Waals surface area contributed by atoms with E-state index in [9.17, 15) is 9.90 Å². The fourth-order valence-electron chi connectivity index (χ4n) is 2.29. The molecule has 0 amide bonds. The fourth-order valence-corrected chi connectivity index (χ4v) is 3.32. The minimum atomic E-state index is -0.941. The lowest BCUT2D eigenvalue weighted by molar-refractivity contribution is -0.142. The largest absolute Gasteiger partial charge is 0.481 e. The lowest BCUT2D eigenvalue weighted by Crippen LogP contribution is -2.39. The Morgan fingerprint density at radius 1 is 1.65 bits per heavy atom. The molecular weight excluding hydrogens is 276 g/mol.